The molecule has 0 aliphatic rings. The molecule has 21 heavy (non-hydrogen) atoms. The fraction of sp³-hybridized carbons (Fsp3) is 0.429. The number of halogens is 2. The number of anilines is 1. The standard InChI is InChI=1S/C14H19F2N3O2/c1-7(12(20)19-14(2,3)4)18-13(21)10-8(15)5-6-9(17)11(10)16/h5-7H,17H2,1-4H3,(H,18,21)(H,19,20). The van der Waals surface area contributed by atoms with Gasteiger partial charge in [0.25, 0.3) is 5.91 Å². The van der Waals surface area contributed by atoms with Crippen LogP contribution in [0.15, 0.2) is 12.1 Å². The van der Waals surface area contributed by atoms with Crippen molar-refractivity contribution in [3.05, 3.63) is 29.3 Å². The summed E-state index contributed by atoms with van der Waals surface area (Å²) in [7, 11) is 0. The molecule has 2 amide bonds. The number of hydrogen-bond acceptors (Lipinski definition) is 3. The van der Waals surface area contributed by atoms with Gasteiger partial charge in [-0.2, -0.15) is 0 Å². The molecule has 0 saturated carbocycles. The van der Waals surface area contributed by atoms with E-state index in [-0.39, 0.29) is 5.69 Å². The number of rotatable bonds is 3. The third kappa shape index (κ3) is 4.40. The molecule has 1 rings (SSSR count). The summed E-state index contributed by atoms with van der Waals surface area (Å²) in [4.78, 5) is 23.7. The van der Waals surface area contributed by atoms with E-state index in [0.29, 0.717) is 0 Å². The molecule has 0 aliphatic heterocycles. The first-order valence-electron chi connectivity index (χ1n) is 6.39. The van der Waals surface area contributed by atoms with E-state index in [0.717, 1.165) is 12.1 Å². The molecule has 1 unspecified atom stereocenters. The van der Waals surface area contributed by atoms with Crippen molar-refractivity contribution in [1.82, 2.24) is 10.6 Å². The lowest BCUT2D eigenvalue weighted by atomic mass is 10.1. The van der Waals surface area contributed by atoms with Gasteiger partial charge in [0.15, 0.2) is 5.82 Å². The summed E-state index contributed by atoms with van der Waals surface area (Å²) >= 11 is 0. The molecule has 0 radical (unpaired) electrons. The SMILES string of the molecule is CC(NC(=O)c1c(F)ccc(N)c1F)C(=O)NC(C)(C)C. The van der Waals surface area contributed by atoms with Crippen LogP contribution in [-0.2, 0) is 4.79 Å². The molecular weight excluding hydrogens is 280 g/mol. The van der Waals surface area contributed by atoms with Crippen molar-refractivity contribution < 1.29 is 18.4 Å². The van der Waals surface area contributed by atoms with Crippen LogP contribution in [0.4, 0.5) is 14.5 Å². The zero-order valence-electron chi connectivity index (χ0n) is 12.4. The Morgan fingerprint density at radius 2 is 1.81 bits per heavy atom. The first-order valence-corrected chi connectivity index (χ1v) is 6.39. The van der Waals surface area contributed by atoms with Gasteiger partial charge in [0.1, 0.15) is 17.4 Å². The number of carbonyl (C=O) groups is 2. The Kier molecular flexibility index (Phi) is 4.88. The summed E-state index contributed by atoms with van der Waals surface area (Å²) in [6, 6.07) is 0.974. The monoisotopic (exact) mass is 299 g/mol. The van der Waals surface area contributed by atoms with Crippen LogP contribution in [0, 0.1) is 11.6 Å². The van der Waals surface area contributed by atoms with Crippen LogP contribution >= 0.6 is 0 Å². The molecule has 0 spiro atoms. The number of carbonyl (C=O) groups excluding carboxylic acids is 2. The Balaban J connectivity index is 2.87. The van der Waals surface area contributed by atoms with Crippen LogP contribution in [0.5, 0.6) is 0 Å². The number of nitrogens with two attached hydrogens (primary N) is 1. The molecule has 0 saturated heterocycles. The number of hydrogen-bond donors (Lipinski definition) is 3. The molecule has 1 aromatic carbocycles. The predicted octanol–water partition coefficient (Wildman–Crippen LogP) is 1.58. The fourth-order valence-corrected chi connectivity index (χ4v) is 1.59. The Labute approximate surface area is 121 Å². The van der Waals surface area contributed by atoms with Gasteiger partial charge in [-0.3, -0.25) is 9.59 Å². The predicted molar refractivity (Wildman–Crippen MR) is 75.6 cm³/mol. The molecule has 1 aromatic rings. The van der Waals surface area contributed by atoms with Crippen molar-refractivity contribution >= 4 is 17.5 Å². The summed E-state index contributed by atoms with van der Waals surface area (Å²) < 4.78 is 27.3. The van der Waals surface area contributed by atoms with E-state index in [9.17, 15) is 18.4 Å². The summed E-state index contributed by atoms with van der Waals surface area (Å²) in [5.41, 5.74) is 3.68. The van der Waals surface area contributed by atoms with Crippen molar-refractivity contribution in [3.63, 3.8) is 0 Å². The molecule has 7 heteroatoms. The zero-order valence-corrected chi connectivity index (χ0v) is 12.4. The smallest absolute Gasteiger partial charge is 0.257 e. The minimum Gasteiger partial charge on any atom is -0.396 e. The Morgan fingerprint density at radius 3 is 2.33 bits per heavy atom. The first-order chi connectivity index (χ1) is 9.53. The van der Waals surface area contributed by atoms with E-state index in [2.05, 4.69) is 10.6 Å². The van der Waals surface area contributed by atoms with Gasteiger partial charge in [-0.15, -0.1) is 0 Å². The Morgan fingerprint density at radius 1 is 1.24 bits per heavy atom. The quantitative estimate of drug-likeness (QED) is 0.741. The third-order valence-electron chi connectivity index (χ3n) is 2.59. The number of nitrogen functional groups attached to an aromatic ring is 1. The maximum atomic E-state index is 13.7. The normalized spacial score (nSPS) is 12.7. The second-order valence-electron chi connectivity index (χ2n) is 5.76. The second-order valence-corrected chi connectivity index (χ2v) is 5.76. The number of amides is 2. The van der Waals surface area contributed by atoms with Gasteiger partial charge in [0.2, 0.25) is 5.91 Å². The van der Waals surface area contributed by atoms with Crippen molar-refractivity contribution in [2.24, 2.45) is 0 Å². The average Bonchev–Trinajstić information content (AvgIpc) is 2.32. The molecular formula is C14H19F2N3O2. The molecule has 0 fully saturated rings. The highest BCUT2D eigenvalue weighted by Gasteiger charge is 2.25. The second kappa shape index (κ2) is 6.07. The Hall–Kier alpha value is -2.18. The van der Waals surface area contributed by atoms with E-state index in [1.165, 1.54) is 6.92 Å². The summed E-state index contributed by atoms with van der Waals surface area (Å²) in [6.45, 7) is 6.74. The van der Waals surface area contributed by atoms with Gasteiger partial charge in [0.05, 0.1) is 5.69 Å². The van der Waals surface area contributed by atoms with Crippen molar-refractivity contribution in [3.8, 4) is 0 Å². The lowest BCUT2D eigenvalue weighted by molar-refractivity contribution is -0.124. The van der Waals surface area contributed by atoms with Gasteiger partial charge in [-0.1, -0.05) is 0 Å². The minimum absolute atomic E-state index is 0.339. The first kappa shape index (κ1) is 16.9. The lowest BCUT2D eigenvalue weighted by Gasteiger charge is -2.23. The Bertz CT molecular complexity index is 568. The molecule has 1 atom stereocenters. The molecule has 0 bridgehead atoms. The van der Waals surface area contributed by atoms with Crippen LogP contribution in [-0.4, -0.2) is 23.4 Å². The van der Waals surface area contributed by atoms with Crippen LogP contribution in [0.25, 0.3) is 0 Å². The van der Waals surface area contributed by atoms with Crippen LogP contribution in [0.2, 0.25) is 0 Å². The van der Waals surface area contributed by atoms with Gasteiger partial charge < -0.3 is 16.4 Å². The summed E-state index contributed by atoms with van der Waals surface area (Å²) in [5, 5.41) is 4.89. The maximum absolute atomic E-state index is 13.7. The highest BCUT2D eigenvalue weighted by Crippen LogP contribution is 2.18. The fourth-order valence-electron chi connectivity index (χ4n) is 1.59. The van der Waals surface area contributed by atoms with Crippen molar-refractivity contribution in [2.45, 2.75) is 39.3 Å². The van der Waals surface area contributed by atoms with E-state index >= 15 is 0 Å². The van der Waals surface area contributed by atoms with Crippen LogP contribution < -0.4 is 16.4 Å². The van der Waals surface area contributed by atoms with E-state index in [1.807, 2.05) is 0 Å². The third-order valence-corrected chi connectivity index (χ3v) is 2.59. The van der Waals surface area contributed by atoms with E-state index < -0.39 is 40.6 Å². The zero-order chi connectivity index (χ0) is 16.4. The van der Waals surface area contributed by atoms with Crippen LogP contribution in [0.3, 0.4) is 0 Å². The summed E-state index contributed by atoms with van der Waals surface area (Å²) in [5.74, 6) is -3.67. The molecule has 0 aromatic heterocycles. The molecule has 5 nitrogen and oxygen atoms in total. The van der Waals surface area contributed by atoms with E-state index in [1.54, 1.807) is 20.8 Å². The van der Waals surface area contributed by atoms with Crippen molar-refractivity contribution in [1.29, 1.82) is 0 Å². The number of nitrogens with one attached hydrogen (secondary N) is 2. The maximum Gasteiger partial charge on any atom is 0.257 e. The number of benzene rings is 1. The average molecular weight is 299 g/mol. The van der Waals surface area contributed by atoms with Gasteiger partial charge in [-0.05, 0) is 39.8 Å². The molecule has 116 valence electrons. The molecule has 0 heterocycles. The molecule has 4 N–H and O–H groups in total. The molecule has 0 aliphatic carbocycles. The highest BCUT2D eigenvalue weighted by molar-refractivity contribution is 5.98. The van der Waals surface area contributed by atoms with Crippen molar-refractivity contribution in [2.75, 3.05) is 5.73 Å². The highest BCUT2D eigenvalue weighted by atomic mass is 19.1. The van der Waals surface area contributed by atoms with E-state index in [4.69, 9.17) is 5.73 Å². The van der Waals surface area contributed by atoms with Gasteiger partial charge in [-0.25, -0.2) is 8.78 Å². The lowest BCUT2D eigenvalue weighted by Crippen LogP contribution is -2.51. The summed E-state index contributed by atoms with van der Waals surface area (Å²) in [6.07, 6.45) is 0. The largest absolute Gasteiger partial charge is 0.396 e. The van der Waals surface area contributed by atoms with Gasteiger partial charge >= 0.3 is 0 Å². The topological polar surface area (TPSA) is 84.2 Å². The van der Waals surface area contributed by atoms with Crippen LogP contribution in [0.1, 0.15) is 38.1 Å². The minimum atomic E-state index is -1.14. The van der Waals surface area contributed by atoms with Gasteiger partial charge in [0, 0.05) is 5.54 Å².